The van der Waals surface area contributed by atoms with E-state index in [0.717, 1.165) is 5.56 Å². The van der Waals surface area contributed by atoms with Gasteiger partial charge in [0.15, 0.2) is 5.78 Å². The van der Waals surface area contributed by atoms with Gasteiger partial charge in [0.1, 0.15) is 5.75 Å². The molecule has 0 bridgehead atoms. The summed E-state index contributed by atoms with van der Waals surface area (Å²) in [6, 6.07) is 3.45. The van der Waals surface area contributed by atoms with Gasteiger partial charge in [-0.1, -0.05) is 25.4 Å². The zero-order valence-corrected chi connectivity index (χ0v) is 12.1. The van der Waals surface area contributed by atoms with Gasteiger partial charge in [0.25, 0.3) is 0 Å². The van der Waals surface area contributed by atoms with Crippen LogP contribution < -0.4 is 10.5 Å². The third-order valence-corrected chi connectivity index (χ3v) is 3.29. The molecule has 1 aromatic carbocycles. The summed E-state index contributed by atoms with van der Waals surface area (Å²) in [7, 11) is 1.56. The van der Waals surface area contributed by atoms with E-state index in [0.29, 0.717) is 29.3 Å². The fourth-order valence-electron chi connectivity index (χ4n) is 1.71. The third kappa shape index (κ3) is 3.47. The maximum Gasteiger partial charge on any atom is 0.163 e. The molecule has 1 aromatic rings. The molecule has 1 rings (SSSR count). The molecule has 0 saturated heterocycles. The van der Waals surface area contributed by atoms with Gasteiger partial charge < -0.3 is 10.5 Å². The van der Waals surface area contributed by atoms with Crippen molar-refractivity contribution in [3.63, 3.8) is 0 Å². The van der Waals surface area contributed by atoms with E-state index in [1.165, 1.54) is 0 Å². The van der Waals surface area contributed by atoms with Crippen molar-refractivity contribution < 1.29 is 9.53 Å². The molecule has 0 amide bonds. The van der Waals surface area contributed by atoms with Gasteiger partial charge >= 0.3 is 0 Å². The molecule has 3 nitrogen and oxygen atoms in total. The van der Waals surface area contributed by atoms with Crippen LogP contribution in [0.2, 0.25) is 5.02 Å². The zero-order valence-electron chi connectivity index (χ0n) is 11.3. The zero-order chi connectivity index (χ0) is 13.9. The van der Waals surface area contributed by atoms with Crippen LogP contribution in [0, 0.1) is 12.3 Å². The first-order valence-corrected chi connectivity index (χ1v) is 6.26. The first-order chi connectivity index (χ1) is 8.30. The first-order valence-electron chi connectivity index (χ1n) is 5.88. The minimum Gasteiger partial charge on any atom is -0.495 e. The maximum atomic E-state index is 12.2. The summed E-state index contributed by atoms with van der Waals surface area (Å²) in [6.07, 6.45) is 0.410. The number of benzene rings is 1. The predicted octanol–water partition coefficient (Wildman–Crippen LogP) is 3.21. The molecule has 0 aliphatic heterocycles. The number of hydrogen-bond acceptors (Lipinski definition) is 3. The monoisotopic (exact) mass is 269 g/mol. The molecule has 0 atom stereocenters. The van der Waals surface area contributed by atoms with E-state index in [4.69, 9.17) is 22.1 Å². The van der Waals surface area contributed by atoms with Crippen LogP contribution in [-0.4, -0.2) is 19.4 Å². The van der Waals surface area contributed by atoms with Gasteiger partial charge in [0.2, 0.25) is 0 Å². The van der Waals surface area contributed by atoms with Crippen molar-refractivity contribution in [2.75, 3.05) is 13.7 Å². The molecular formula is C14H20ClNO2. The third-order valence-electron chi connectivity index (χ3n) is 2.99. The number of methoxy groups -OCH3 is 1. The fraction of sp³-hybridized carbons (Fsp3) is 0.500. The lowest BCUT2D eigenvalue weighted by atomic mass is 9.85. The van der Waals surface area contributed by atoms with E-state index in [9.17, 15) is 4.79 Å². The highest BCUT2D eigenvalue weighted by atomic mass is 35.5. The molecular weight excluding hydrogens is 250 g/mol. The van der Waals surface area contributed by atoms with Gasteiger partial charge in [-0.2, -0.15) is 0 Å². The van der Waals surface area contributed by atoms with Crippen molar-refractivity contribution in [1.82, 2.24) is 0 Å². The molecule has 0 aromatic heterocycles. The Hall–Kier alpha value is -1.06. The summed E-state index contributed by atoms with van der Waals surface area (Å²) in [6.45, 7) is 6.31. The summed E-state index contributed by atoms with van der Waals surface area (Å²) in [5, 5.41) is 0.456. The van der Waals surface area contributed by atoms with E-state index in [1.807, 2.05) is 20.8 Å². The van der Waals surface area contributed by atoms with Gasteiger partial charge in [-0.05, 0) is 36.6 Å². The molecule has 0 fully saturated rings. The number of carbonyl (C=O) groups is 1. The number of carbonyl (C=O) groups excluding carboxylic acids is 1. The number of Topliss-reactive ketones (excluding diaryl/α,β-unsaturated/α-hetero) is 1. The van der Waals surface area contributed by atoms with Crippen molar-refractivity contribution in [1.29, 1.82) is 0 Å². The molecule has 100 valence electrons. The molecule has 0 saturated carbocycles. The van der Waals surface area contributed by atoms with Crippen LogP contribution in [-0.2, 0) is 0 Å². The average Bonchev–Trinajstić information content (AvgIpc) is 2.30. The molecule has 18 heavy (non-hydrogen) atoms. The highest BCUT2D eigenvalue weighted by molar-refractivity contribution is 6.32. The van der Waals surface area contributed by atoms with Crippen molar-refractivity contribution in [2.45, 2.75) is 27.2 Å². The Balaban J connectivity index is 3.04. The van der Waals surface area contributed by atoms with Crippen molar-refractivity contribution in [2.24, 2.45) is 11.1 Å². The lowest BCUT2D eigenvalue weighted by molar-refractivity contribution is 0.0934. The van der Waals surface area contributed by atoms with Crippen LogP contribution in [0.5, 0.6) is 5.75 Å². The van der Waals surface area contributed by atoms with Gasteiger partial charge in [0.05, 0.1) is 12.1 Å². The number of rotatable bonds is 5. The quantitative estimate of drug-likeness (QED) is 0.835. The van der Waals surface area contributed by atoms with Gasteiger partial charge in [-0.3, -0.25) is 4.79 Å². The smallest absolute Gasteiger partial charge is 0.163 e. The van der Waals surface area contributed by atoms with Crippen LogP contribution >= 0.6 is 11.6 Å². The van der Waals surface area contributed by atoms with Crippen LogP contribution in [0.3, 0.4) is 0 Å². The predicted molar refractivity (Wildman–Crippen MR) is 74.5 cm³/mol. The second-order valence-corrected chi connectivity index (χ2v) is 5.68. The van der Waals surface area contributed by atoms with E-state index < -0.39 is 0 Å². The SMILES string of the molecule is COc1cc(C)c(C(=O)CC(C)(C)CN)cc1Cl. The summed E-state index contributed by atoms with van der Waals surface area (Å²) < 4.78 is 5.12. The summed E-state index contributed by atoms with van der Waals surface area (Å²) in [5.41, 5.74) is 6.96. The van der Waals surface area contributed by atoms with Crippen molar-refractivity contribution in [3.05, 3.63) is 28.3 Å². The Morgan fingerprint density at radius 1 is 1.44 bits per heavy atom. The number of halogens is 1. The summed E-state index contributed by atoms with van der Waals surface area (Å²) in [5.74, 6) is 0.649. The number of hydrogen-bond donors (Lipinski definition) is 1. The van der Waals surface area contributed by atoms with Crippen molar-refractivity contribution in [3.8, 4) is 5.75 Å². The Morgan fingerprint density at radius 3 is 2.56 bits per heavy atom. The lowest BCUT2D eigenvalue weighted by Crippen LogP contribution is -2.26. The highest BCUT2D eigenvalue weighted by Gasteiger charge is 2.22. The molecule has 0 radical (unpaired) electrons. The second kappa shape index (κ2) is 5.72. The van der Waals surface area contributed by atoms with Crippen molar-refractivity contribution >= 4 is 17.4 Å². The largest absolute Gasteiger partial charge is 0.495 e. The standard InChI is InChI=1S/C14H20ClNO2/c1-9-5-13(18-4)11(15)6-10(9)12(17)7-14(2,3)8-16/h5-6H,7-8,16H2,1-4H3. The summed E-state index contributed by atoms with van der Waals surface area (Å²) >= 11 is 6.05. The topological polar surface area (TPSA) is 52.3 Å². The molecule has 0 unspecified atom stereocenters. The minimum absolute atomic E-state index is 0.0625. The van der Waals surface area contributed by atoms with Crippen LogP contribution in [0.15, 0.2) is 12.1 Å². The van der Waals surface area contributed by atoms with Gasteiger partial charge in [0, 0.05) is 12.0 Å². The molecule has 0 aliphatic carbocycles. The Morgan fingerprint density at radius 2 is 2.06 bits per heavy atom. The Kier molecular flexibility index (Phi) is 4.77. The summed E-state index contributed by atoms with van der Waals surface area (Å²) in [4.78, 5) is 12.2. The first kappa shape index (κ1) is 15.0. The Labute approximate surface area is 113 Å². The number of ketones is 1. The molecule has 0 spiro atoms. The molecule has 0 heterocycles. The highest BCUT2D eigenvalue weighted by Crippen LogP contribution is 2.30. The average molecular weight is 270 g/mol. The van der Waals surface area contributed by atoms with Crippen LogP contribution in [0.4, 0.5) is 0 Å². The minimum atomic E-state index is -0.198. The number of ether oxygens (including phenoxy) is 1. The fourth-order valence-corrected chi connectivity index (χ4v) is 1.95. The van der Waals surface area contributed by atoms with Gasteiger partial charge in [-0.15, -0.1) is 0 Å². The van der Waals surface area contributed by atoms with E-state index >= 15 is 0 Å². The van der Waals surface area contributed by atoms with E-state index in [2.05, 4.69) is 0 Å². The van der Waals surface area contributed by atoms with E-state index in [-0.39, 0.29) is 11.2 Å². The van der Waals surface area contributed by atoms with Gasteiger partial charge in [-0.25, -0.2) is 0 Å². The second-order valence-electron chi connectivity index (χ2n) is 5.27. The Bertz CT molecular complexity index is 455. The maximum absolute atomic E-state index is 12.2. The number of aryl methyl sites for hydroxylation is 1. The normalized spacial score (nSPS) is 11.4. The lowest BCUT2D eigenvalue weighted by Gasteiger charge is -2.21. The molecule has 4 heteroatoms. The van der Waals surface area contributed by atoms with Crippen LogP contribution in [0.25, 0.3) is 0 Å². The van der Waals surface area contributed by atoms with E-state index in [1.54, 1.807) is 19.2 Å². The van der Waals surface area contributed by atoms with Crippen LogP contribution in [0.1, 0.15) is 36.2 Å². The molecule has 0 aliphatic rings. The molecule has 2 N–H and O–H groups in total. The number of nitrogens with two attached hydrogens (primary N) is 1.